The summed E-state index contributed by atoms with van der Waals surface area (Å²) < 4.78 is 29.7. The minimum absolute atomic E-state index is 0.00901. The summed E-state index contributed by atoms with van der Waals surface area (Å²) >= 11 is 0. The first-order valence-electron chi connectivity index (χ1n) is 10.1. The number of hydrogen-bond donors (Lipinski definition) is 2. The van der Waals surface area contributed by atoms with Crippen LogP contribution >= 0.6 is 0 Å². The van der Waals surface area contributed by atoms with Gasteiger partial charge in [0.15, 0.2) is 11.5 Å². The summed E-state index contributed by atoms with van der Waals surface area (Å²) in [6, 6.07) is 10.5. The highest BCUT2D eigenvalue weighted by atomic mass is 19.1. The van der Waals surface area contributed by atoms with E-state index in [9.17, 15) is 9.18 Å². The maximum absolute atomic E-state index is 13.7. The summed E-state index contributed by atoms with van der Waals surface area (Å²) in [7, 11) is 4.74. The smallest absolute Gasteiger partial charge is 0.246 e. The molecule has 1 heterocycles. The Kier molecular flexibility index (Phi) is 7.29. The predicted octanol–water partition coefficient (Wildman–Crippen LogP) is 1.68. The first kappa shape index (κ1) is 22.1. The average molecular weight is 418 g/mol. The van der Waals surface area contributed by atoms with Gasteiger partial charge in [-0.1, -0.05) is 12.1 Å². The van der Waals surface area contributed by atoms with Crippen LogP contribution in [0.5, 0.6) is 11.5 Å². The normalized spacial score (nSPS) is 19.0. The van der Waals surface area contributed by atoms with Gasteiger partial charge < -0.3 is 24.4 Å². The molecule has 2 N–H and O–H groups in total. The van der Waals surface area contributed by atoms with Crippen LogP contribution in [0.25, 0.3) is 0 Å². The number of nitrogens with one attached hydrogen (secondary N) is 2. The zero-order valence-corrected chi connectivity index (χ0v) is 18.0. The molecular weight excluding hydrogens is 387 g/mol. The van der Waals surface area contributed by atoms with Crippen LogP contribution in [0.4, 0.5) is 4.39 Å². The Balaban J connectivity index is 1.97. The quantitative estimate of drug-likeness (QED) is 0.686. The van der Waals surface area contributed by atoms with Crippen molar-refractivity contribution in [3.8, 4) is 11.5 Å². The molecule has 0 aliphatic carbocycles. The van der Waals surface area contributed by atoms with Crippen LogP contribution in [0.15, 0.2) is 36.4 Å². The highest BCUT2D eigenvalue weighted by molar-refractivity contribution is 5.77. The summed E-state index contributed by atoms with van der Waals surface area (Å²) in [5.41, 5.74) is 3.21. The van der Waals surface area contributed by atoms with Gasteiger partial charge >= 0.3 is 0 Å². The topological polar surface area (TPSA) is 61.2 Å². The molecule has 1 amide bonds. The SMILES string of the molecule is COCC(=O)N[C@H](C)[C@@H]1c2cc(OC)c(OC)cc2CC[NH+]1Cc1cccc(F)c1. The molecule has 0 fully saturated rings. The lowest BCUT2D eigenvalue weighted by Crippen LogP contribution is -3.13. The molecule has 7 heteroatoms. The van der Waals surface area contributed by atoms with Gasteiger partial charge in [-0.25, -0.2) is 4.39 Å². The Bertz CT molecular complexity index is 890. The first-order chi connectivity index (χ1) is 14.5. The Labute approximate surface area is 176 Å². The van der Waals surface area contributed by atoms with Crippen molar-refractivity contribution < 1.29 is 28.3 Å². The second kappa shape index (κ2) is 9.91. The molecule has 2 aromatic rings. The summed E-state index contributed by atoms with van der Waals surface area (Å²) in [4.78, 5) is 13.5. The zero-order valence-electron chi connectivity index (χ0n) is 18.0. The number of methoxy groups -OCH3 is 3. The lowest BCUT2D eigenvalue weighted by molar-refractivity contribution is -0.948. The first-order valence-corrected chi connectivity index (χ1v) is 10.1. The minimum atomic E-state index is -0.242. The third-order valence-electron chi connectivity index (χ3n) is 5.62. The zero-order chi connectivity index (χ0) is 21.7. The number of carbonyl (C=O) groups is 1. The van der Waals surface area contributed by atoms with Crippen molar-refractivity contribution in [1.82, 2.24) is 5.32 Å². The van der Waals surface area contributed by atoms with Crippen LogP contribution in [-0.2, 0) is 22.5 Å². The van der Waals surface area contributed by atoms with Crippen LogP contribution in [0, 0.1) is 5.82 Å². The van der Waals surface area contributed by atoms with Crippen molar-refractivity contribution >= 4 is 5.91 Å². The van der Waals surface area contributed by atoms with Crippen molar-refractivity contribution in [2.75, 3.05) is 34.5 Å². The van der Waals surface area contributed by atoms with E-state index in [1.807, 2.05) is 25.1 Å². The number of quaternary nitrogens is 1. The van der Waals surface area contributed by atoms with Crippen molar-refractivity contribution in [3.05, 3.63) is 58.9 Å². The van der Waals surface area contributed by atoms with Crippen molar-refractivity contribution in [3.63, 3.8) is 0 Å². The highest BCUT2D eigenvalue weighted by Gasteiger charge is 2.37. The second-order valence-electron chi connectivity index (χ2n) is 7.64. The van der Waals surface area contributed by atoms with Gasteiger partial charge in [0.1, 0.15) is 25.0 Å². The van der Waals surface area contributed by atoms with Gasteiger partial charge in [0.25, 0.3) is 0 Å². The van der Waals surface area contributed by atoms with Crippen LogP contribution in [0.3, 0.4) is 0 Å². The molecule has 0 spiro atoms. The lowest BCUT2D eigenvalue weighted by Gasteiger charge is -2.38. The number of ether oxygens (including phenoxy) is 3. The van der Waals surface area contributed by atoms with Crippen LogP contribution < -0.4 is 19.7 Å². The van der Waals surface area contributed by atoms with E-state index in [2.05, 4.69) is 5.32 Å². The summed E-state index contributed by atoms with van der Waals surface area (Å²) in [6.07, 6.45) is 0.857. The van der Waals surface area contributed by atoms with Crippen LogP contribution in [-0.4, -0.2) is 46.4 Å². The number of amides is 1. The van der Waals surface area contributed by atoms with Crippen LogP contribution in [0.1, 0.15) is 29.7 Å². The average Bonchev–Trinajstić information content (AvgIpc) is 2.72. The Morgan fingerprint density at radius 1 is 1.20 bits per heavy atom. The summed E-state index contributed by atoms with van der Waals surface area (Å²) in [5.74, 6) is 0.944. The van der Waals surface area contributed by atoms with Gasteiger partial charge in [0.2, 0.25) is 5.91 Å². The number of halogens is 1. The molecule has 162 valence electrons. The fraction of sp³-hybridized carbons (Fsp3) is 0.435. The monoisotopic (exact) mass is 417 g/mol. The molecule has 3 rings (SSSR count). The maximum Gasteiger partial charge on any atom is 0.246 e. The van der Waals surface area contributed by atoms with Crippen molar-refractivity contribution in [2.45, 2.75) is 32.0 Å². The van der Waals surface area contributed by atoms with Crippen molar-refractivity contribution in [1.29, 1.82) is 0 Å². The van der Waals surface area contributed by atoms with Crippen molar-refractivity contribution in [2.24, 2.45) is 0 Å². The molecule has 0 radical (unpaired) electrons. The largest absolute Gasteiger partial charge is 0.493 e. The van der Waals surface area contributed by atoms with E-state index in [0.717, 1.165) is 24.1 Å². The predicted molar refractivity (Wildman–Crippen MR) is 111 cm³/mol. The molecule has 1 unspecified atom stereocenters. The van der Waals surface area contributed by atoms with E-state index < -0.39 is 0 Å². The number of hydrogen-bond acceptors (Lipinski definition) is 4. The van der Waals surface area contributed by atoms with E-state index in [1.165, 1.54) is 23.6 Å². The molecule has 0 saturated heterocycles. The molecule has 6 nitrogen and oxygen atoms in total. The number of benzene rings is 2. The number of fused-ring (bicyclic) bond motifs is 1. The number of carbonyl (C=O) groups excluding carboxylic acids is 1. The molecular formula is C23H30FN2O4+. The van der Waals surface area contributed by atoms with Gasteiger partial charge in [-0.15, -0.1) is 0 Å². The summed E-state index contributed by atoms with van der Waals surface area (Å²) in [6.45, 7) is 3.51. The third kappa shape index (κ3) is 4.91. The van der Waals surface area contributed by atoms with E-state index >= 15 is 0 Å². The maximum atomic E-state index is 13.7. The fourth-order valence-electron chi connectivity index (χ4n) is 4.35. The standard InChI is InChI=1S/C23H29FN2O4/c1-15(25-22(27)14-28-2)23-19-12-21(30-4)20(29-3)11-17(19)8-9-26(23)13-16-6-5-7-18(24)10-16/h5-7,10-12,15,23H,8-9,13-14H2,1-4H3,(H,25,27)/p+1/t15-,23-/m1/s1. The molecule has 1 aliphatic heterocycles. The Hall–Kier alpha value is -2.64. The lowest BCUT2D eigenvalue weighted by atomic mass is 9.87. The summed E-state index contributed by atoms with van der Waals surface area (Å²) in [5, 5.41) is 3.05. The molecule has 0 saturated carbocycles. The van der Waals surface area contributed by atoms with Gasteiger partial charge in [-0.3, -0.25) is 4.79 Å². The molecule has 1 aliphatic rings. The minimum Gasteiger partial charge on any atom is -0.493 e. The van der Waals surface area contributed by atoms with Crippen LogP contribution in [0.2, 0.25) is 0 Å². The second-order valence-corrected chi connectivity index (χ2v) is 7.64. The number of rotatable bonds is 8. The Morgan fingerprint density at radius 2 is 1.93 bits per heavy atom. The van der Waals surface area contributed by atoms with Gasteiger partial charge in [-0.05, 0) is 36.8 Å². The third-order valence-corrected chi connectivity index (χ3v) is 5.62. The molecule has 2 aromatic carbocycles. The molecule has 3 atom stereocenters. The van der Waals surface area contributed by atoms with E-state index in [1.54, 1.807) is 26.4 Å². The van der Waals surface area contributed by atoms with Gasteiger partial charge in [-0.2, -0.15) is 0 Å². The van der Waals surface area contributed by atoms with E-state index in [-0.39, 0.29) is 30.4 Å². The van der Waals surface area contributed by atoms with E-state index in [4.69, 9.17) is 14.2 Å². The van der Waals surface area contributed by atoms with Gasteiger partial charge in [0.05, 0.1) is 26.8 Å². The molecule has 30 heavy (non-hydrogen) atoms. The van der Waals surface area contributed by atoms with E-state index in [0.29, 0.717) is 18.0 Å². The molecule has 0 bridgehead atoms. The Morgan fingerprint density at radius 3 is 2.60 bits per heavy atom. The van der Waals surface area contributed by atoms with Gasteiger partial charge in [0, 0.05) is 24.7 Å². The fourth-order valence-corrected chi connectivity index (χ4v) is 4.35. The highest BCUT2D eigenvalue weighted by Crippen LogP contribution is 2.35. The molecule has 0 aromatic heterocycles.